The largest absolute Gasteiger partial charge is 0.493 e. The number of benzene rings is 2. The van der Waals surface area contributed by atoms with Crippen LogP contribution < -0.4 is 4.74 Å². The monoisotopic (exact) mass is 625 g/mol. The van der Waals surface area contributed by atoms with Crippen LogP contribution >= 0.6 is 8.60 Å². The number of hydrogen-bond donors (Lipinski definition) is 0. The first kappa shape index (κ1) is 35.3. The molecule has 0 bridgehead atoms. The van der Waals surface area contributed by atoms with Gasteiger partial charge in [-0.1, -0.05) is 37.3 Å². The van der Waals surface area contributed by atoms with Gasteiger partial charge in [-0.3, -0.25) is 0 Å². The molecule has 1 unspecified atom stereocenters. The maximum atomic E-state index is 14.1. The first-order chi connectivity index (χ1) is 20.0. The van der Waals surface area contributed by atoms with E-state index in [0.29, 0.717) is 30.7 Å². The predicted octanol–water partition coefficient (Wildman–Crippen LogP) is 9.27. The van der Waals surface area contributed by atoms with Gasteiger partial charge < -0.3 is 23.0 Å². The Morgan fingerprint density at radius 1 is 0.907 bits per heavy atom. The van der Waals surface area contributed by atoms with E-state index >= 15 is 0 Å². The van der Waals surface area contributed by atoms with E-state index in [1.54, 1.807) is 13.0 Å². The average molecular weight is 626 g/mol. The maximum absolute atomic E-state index is 14.1. The molecule has 2 aromatic carbocycles. The van der Waals surface area contributed by atoms with Crippen molar-refractivity contribution in [2.24, 2.45) is 4.99 Å². The average Bonchev–Trinajstić information content (AvgIpc) is 3.27. The van der Waals surface area contributed by atoms with E-state index in [-0.39, 0.29) is 25.6 Å². The van der Waals surface area contributed by atoms with E-state index in [9.17, 15) is 13.2 Å². The smallest absolute Gasteiger partial charge is 0.419 e. The van der Waals surface area contributed by atoms with Crippen molar-refractivity contribution in [2.75, 3.05) is 19.8 Å². The number of halogens is 3. The van der Waals surface area contributed by atoms with Crippen molar-refractivity contribution in [3.8, 4) is 5.75 Å². The van der Waals surface area contributed by atoms with Crippen molar-refractivity contribution in [3.05, 3.63) is 64.7 Å². The lowest BCUT2D eigenvalue weighted by molar-refractivity contribution is -0.139. The van der Waals surface area contributed by atoms with Crippen molar-refractivity contribution in [2.45, 2.75) is 110 Å². The molecule has 3 rings (SSSR count). The normalized spacial score (nSPS) is 17.7. The second kappa shape index (κ2) is 14.7. The number of alkyl halides is 3. The Morgan fingerprint density at radius 2 is 1.56 bits per heavy atom. The molecule has 0 aromatic heterocycles. The molecule has 2 aromatic rings. The van der Waals surface area contributed by atoms with Crippen molar-refractivity contribution in [3.63, 3.8) is 0 Å². The summed E-state index contributed by atoms with van der Waals surface area (Å²) in [5.74, 6) is 0.363. The summed E-state index contributed by atoms with van der Waals surface area (Å²) < 4.78 is 71.8. The van der Waals surface area contributed by atoms with Crippen molar-refractivity contribution >= 4 is 14.5 Å². The van der Waals surface area contributed by atoms with Crippen molar-refractivity contribution in [1.29, 1.82) is 0 Å². The molecule has 240 valence electrons. The highest BCUT2D eigenvalue weighted by molar-refractivity contribution is 7.41. The van der Waals surface area contributed by atoms with Gasteiger partial charge >= 0.3 is 14.8 Å². The van der Waals surface area contributed by atoms with Gasteiger partial charge in [-0.05, 0) is 102 Å². The van der Waals surface area contributed by atoms with E-state index in [1.807, 2.05) is 53.7 Å². The lowest BCUT2D eigenvalue weighted by Crippen LogP contribution is -2.35. The van der Waals surface area contributed by atoms with Gasteiger partial charge in [0.1, 0.15) is 17.9 Å². The van der Waals surface area contributed by atoms with Gasteiger partial charge in [-0.15, -0.1) is 0 Å². The number of rotatable bonds is 14. The molecule has 0 fully saturated rings. The first-order valence-electron chi connectivity index (χ1n) is 14.9. The number of hydrogen-bond acceptors (Lipinski definition) is 6. The minimum absolute atomic E-state index is 0.149. The first-order valence-corrected chi connectivity index (χ1v) is 16.0. The second-order valence-corrected chi connectivity index (χ2v) is 14.1. The van der Waals surface area contributed by atoms with Crippen molar-refractivity contribution < 1.29 is 36.2 Å². The van der Waals surface area contributed by atoms with Crippen molar-refractivity contribution in [1.82, 2.24) is 0 Å². The fourth-order valence-electron chi connectivity index (χ4n) is 4.52. The fraction of sp³-hybridized carbons (Fsp3) is 0.606. The number of ether oxygens (including phenoxy) is 2. The molecule has 1 heterocycles. The molecule has 6 nitrogen and oxygen atoms in total. The molecule has 0 amide bonds. The summed E-state index contributed by atoms with van der Waals surface area (Å²) >= 11 is 0. The Labute approximate surface area is 256 Å². The Hall–Kier alpha value is -2.19. The summed E-state index contributed by atoms with van der Waals surface area (Å²) in [6, 6.07) is 12.5. The van der Waals surface area contributed by atoms with Gasteiger partial charge in [-0.2, -0.15) is 13.2 Å². The summed E-state index contributed by atoms with van der Waals surface area (Å²) in [6.07, 6.45) is -1.48. The SMILES string of the molecule is CCc1cccc(CCCOc2ccc(CCC3(COP(OC(C)(C)C)OC(C)(C)C)COC(C)=N3)cc2C(F)(F)F)c1. The minimum atomic E-state index is -4.54. The zero-order valence-electron chi connectivity index (χ0n) is 26.8. The quantitative estimate of drug-likeness (QED) is 0.155. The Bertz CT molecular complexity index is 1210. The second-order valence-electron chi connectivity index (χ2n) is 13.0. The van der Waals surface area contributed by atoms with Crippen LogP contribution in [0.2, 0.25) is 0 Å². The van der Waals surface area contributed by atoms with E-state index in [1.165, 1.54) is 17.7 Å². The molecular formula is C33H47F3NO5P. The molecular weight excluding hydrogens is 578 g/mol. The Morgan fingerprint density at radius 3 is 2.14 bits per heavy atom. The van der Waals surface area contributed by atoms with Gasteiger partial charge in [0.25, 0.3) is 0 Å². The molecule has 0 radical (unpaired) electrons. The lowest BCUT2D eigenvalue weighted by Gasteiger charge is -2.32. The van der Waals surface area contributed by atoms with Gasteiger partial charge in [0.2, 0.25) is 0 Å². The van der Waals surface area contributed by atoms with E-state index in [2.05, 4.69) is 19.1 Å². The van der Waals surface area contributed by atoms with E-state index in [4.69, 9.17) is 28.0 Å². The predicted molar refractivity (Wildman–Crippen MR) is 166 cm³/mol. The van der Waals surface area contributed by atoms with Crippen LogP contribution in [-0.4, -0.2) is 42.5 Å². The molecule has 1 atom stereocenters. The summed E-state index contributed by atoms with van der Waals surface area (Å²) in [5, 5.41) is 0. The Kier molecular flexibility index (Phi) is 12.1. The Balaban J connectivity index is 1.67. The molecule has 0 saturated heterocycles. The molecule has 0 saturated carbocycles. The van der Waals surface area contributed by atoms with Crippen LogP contribution in [-0.2, 0) is 43.7 Å². The van der Waals surface area contributed by atoms with Crippen LogP contribution in [0.5, 0.6) is 5.75 Å². The molecule has 0 N–H and O–H groups in total. The van der Waals surface area contributed by atoms with Gasteiger partial charge in [-0.25, -0.2) is 4.99 Å². The molecule has 0 spiro atoms. The standard InChI is InChI=1S/C33H47F3NO5P/c1-9-25-12-10-13-26(20-25)14-11-19-38-29-16-15-27(21-28(29)33(34,35)36)17-18-32(22-39-24(2)37-32)23-40-43(41-30(3,4)5)42-31(6,7)8/h10,12-13,15-16,20-21H,9,11,14,17-19,22-23H2,1-8H3. The minimum Gasteiger partial charge on any atom is -0.493 e. The topological polar surface area (TPSA) is 58.5 Å². The summed E-state index contributed by atoms with van der Waals surface area (Å²) in [5.41, 5.74) is 0.407. The number of aryl methyl sites for hydroxylation is 3. The third-order valence-corrected chi connectivity index (χ3v) is 8.31. The van der Waals surface area contributed by atoms with E-state index in [0.717, 1.165) is 18.4 Å². The maximum Gasteiger partial charge on any atom is 0.419 e. The molecule has 10 heteroatoms. The van der Waals surface area contributed by atoms with Gasteiger partial charge in [0.05, 0.1) is 30.0 Å². The molecule has 1 aliphatic rings. The molecule has 0 aliphatic carbocycles. The molecule has 43 heavy (non-hydrogen) atoms. The van der Waals surface area contributed by atoms with Crippen LogP contribution in [0.25, 0.3) is 0 Å². The number of aliphatic imine (C=N–C) groups is 1. The van der Waals surface area contributed by atoms with Crippen LogP contribution in [0.3, 0.4) is 0 Å². The summed E-state index contributed by atoms with van der Waals surface area (Å²) in [7, 11) is -1.70. The van der Waals surface area contributed by atoms with Crippen LogP contribution in [0.4, 0.5) is 13.2 Å². The summed E-state index contributed by atoms with van der Waals surface area (Å²) in [6.45, 7) is 16.0. The lowest BCUT2D eigenvalue weighted by atomic mass is 9.93. The third-order valence-electron chi connectivity index (χ3n) is 6.58. The van der Waals surface area contributed by atoms with Crippen LogP contribution in [0.1, 0.15) is 90.5 Å². The zero-order valence-corrected chi connectivity index (χ0v) is 27.7. The van der Waals surface area contributed by atoms with Crippen LogP contribution in [0.15, 0.2) is 47.5 Å². The highest BCUT2D eigenvalue weighted by atomic mass is 31.2. The molecule has 1 aliphatic heterocycles. The zero-order chi connectivity index (χ0) is 31.9. The van der Waals surface area contributed by atoms with Gasteiger partial charge in [0, 0.05) is 6.92 Å². The highest BCUT2D eigenvalue weighted by Gasteiger charge is 2.39. The third kappa shape index (κ3) is 12.0. The van der Waals surface area contributed by atoms with Crippen LogP contribution in [0, 0.1) is 0 Å². The summed E-state index contributed by atoms with van der Waals surface area (Å²) in [4.78, 5) is 4.70. The fourth-order valence-corrected chi connectivity index (χ4v) is 5.91. The highest BCUT2D eigenvalue weighted by Crippen LogP contribution is 2.48. The van der Waals surface area contributed by atoms with E-state index < -0.39 is 37.1 Å². The van der Waals surface area contributed by atoms with Gasteiger partial charge in [0.15, 0.2) is 5.90 Å². The number of nitrogens with zero attached hydrogens (tertiary/aromatic N) is 1.